The van der Waals surface area contributed by atoms with E-state index in [9.17, 15) is 9.59 Å². The van der Waals surface area contributed by atoms with E-state index >= 15 is 0 Å². The normalized spacial score (nSPS) is 14.9. The highest BCUT2D eigenvalue weighted by Crippen LogP contribution is 2.18. The standard InChI is InChI=1S/C17H24N2O4/c1-17(2,3)23-15(20)18(4)14-10-19(11-14)16(21)22-12-13-8-6-5-7-9-13/h5-9,14H,10-12H2,1-4H3. The molecule has 0 unspecified atom stereocenters. The summed E-state index contributed by atoms with van der Waals surface area (Å²) in [6, 6.07) is 9.49. The molecule has 6 heteroatoms. The first kappa shape index (κ1) is 17.1. The fourth-order valence-corrected chi connectivity index (χ4v) is 2.14. The number of benzene rings is 1. The fraction of sp³-hybridized carbons (Fsp3) is 0.529. The van der Waals surface area contributed by atoms with Crippen molar-refractivity contribution in [2.45, 2.75) is 39.0 Å². The molecule has 0 aromatic heterocycles. The Labute approximate surface area is 137 Å². The van der Waals surface area contributed by atoms with Gasteiger partial charge in [-0.15, -0.1) is 0 Å². The van der Waals surface area contributed by atoms with Gasteiger partial charge in [-0.25, -0.2) is 9.59 Å². The van der Waals surface area contributed by atoms with E-state index in [0.29, 0.717) is 13.1 Å². The molecule has 0 aliphatic carbocycles. The van der Waals surface area contributed by atoms with E-state index in [1.54, 1.807) is 11.9 Å². The van der Waals surface area contributed by atoms with Gasteiger partial charge in [0.2, 0.25) is 0 Å². The first-order valence-electron chi connectivity index (χ1n) is 7.68. The Morgan fingerprint density at radius 3 is 2.39 bits per heavy atom. The predicted molar refractivity (Wildman–Crippen MR) is 86.0 cm³/mol. The van der Waals surface area contributed by atoms with Crippen molar-refractivity contribution >= 4 is 12.2 Å². The molecule has 2 rings (SSSR count). The summed E-state index contributed by atoms with van der Waals surface area (Å²) < 4.78 is 10.6. The lowest BCUT2D eigenvalue weighted by atomic mass is 10.1. The van der Waals surface area contributed by atoms with E-state index in [-0.39, 0.29) is 24.8 Å². The smallest absolute Gasteiger partial charge is 0.410 e. The van der Waals surface area contributed by atoms with Crippen molar-refractivity contribution in [1.82, 2.24) is 9.80 Å². The molecule has 0 saturated carbocycles. The first-order valence-corrected chi connectivity index (χ1v) is 7.68. The number of carbonyl (C=O) groups excluding carboxylic acids is 2. The molecule has 0 atom stereocenters. The maximum absolute atomic E-state index is 11.9. The van der Waals surface area contributed by atoms with Crippen molar-refractivity contribution in [1.29, 1.82) is 0 Å². The average molecular weight is 320 g/mol. The van der Waals surface area contributed by atoms with Gasteiger partial charge in [0.05, 0.1) is 6.04 Å². The lowest BCUT2D eigenvalue weighted by Crippen LogP contribution is -2.61. The summed E-state index contributed by atoms with van der Waals surface area (Å²) >= 11 is 0. The molecular weight excluding hydrogens is 296 g/mol. The number of rotatable bonds is 3. The monoisotopic (exact) mass is 320 g/mol. The Hall–Kier alpha value is -2.24. The van der Waals surface area contributed by atoms with Crippen LogP contribution in [0.25, 0.3) is 0 Å². The summed E-state index contributed by atoms with van der Waals surface area (Å²) in [5.74, 6) is 0. The molecule has 1 aromatic carbocycles. The van der Waals surface area contributed by atoms with Crippen LogP contribution in [0, 0.1) is 0 Å². The number of carbonyl (C=O) groups is 2. The molecule has 6 nitrogen and oxygen atoms in total. The second kappa shape index (κ2) is 6.89. The van der Waals surface area contributed by atoms with Gasteiger partial charge in [0.25, 0.3) is 0 Å². The van der Waals surface area contributed by atoms with Crippen LogP contribution >= 0.6 is 0 Å². The number of nitrogens with zero attached hydrogens (tertiary/aromatic N) is 2. The van der Waals surface area contributed by atoms with E-state index in [1.807, 2.05) is 51.1 Å². The van der Waals surface area contributed by atoms with Crippen LogP contribution in [-0.2, 0) is 16.1 Å². The summed E-state index contributed by atoms with van der Waals surface area (Å²) in [4.78, 5) is 27.0. The van der Waals surface area contributed by atoms with Crippen LogP contribution in [0.1, 0.15) is 26.3 Å². The highest BCUT2D eigenvalue weighted by Gasteiger charge is 2.37. The van der Waals surface area contributed by atoms with Crippen molar-refractivity contribution in [3.63, 3.8) is 0 Å². The number of likely N-dealkylation sites (tertiary alicyclic amines) is 1. The minimum absolute atomic E-state index is 0.0332. The molecule has 1 aromatic rings. The number of ether oxygens (including phenoxy) is 2. The van der Waals surface area contributed by atoms with Crippen LogP contribution in [0.2, 0.25) is 0 Å². The Morgan fingerprint density at radius 1 is 1.22 bits per heavy atom. The molecule has 0 N–H and O–H groups in total. The summed E-state index contributed by atoms with van der Waals surface area (Å²) in [5, 5.41) is 0. The van der Waals surface area contributed by atoms with Gasteiger partial charge >= 0.3 is 12.2 Å². The topological polar surface area (TPSA) is 59.1 Å². The molecule has 23 heavy (non-hydrogen) atoms. The largest absolute Gasteiger partial charge is 0.445 e. The highest BCUT2D eigenvalue weighted by molar-refractivity contribution is 5.71. The van der Waals surface area contributed by atoms with Gasteiger partial charge in [-0.1, -0.05) is 30.3 Å². The lowest BCUT2D eigenvalue weighted by molar-refractivity contribution is -0.00634. The molecule has 1 heterocycles. The van der Waals surface area contributed by atoms with Gasteiger partial charge in [-0.05, 0) is 26.3 Å². The molecule has 1 saturated heterocycles. The molecule has 2 amide bonds. The van der Waals surface area contributed by atoms with Gasteiger partial charge in [0.1, 0.15) is 12.2 Å². The molecular formula is C17H24N2O4. The minimum atomic E-state index is -0.524. The molecule has 0 spiro atoms. The van der Waals surface area contributed by atoms with Crippen LogP contribution in [0.4, 0.5) is 9.59 Å². The molecule has 1 aliphatic rings. The van der Waals surface area contributed by atoms with Crippen LogP contribution in [0.3, 0.4) is 0 Å². The number of hydrogen-bond acceptors (Lipinski definition) is 4. The third-order valence-electron chi connectivity index (χ3n) is 3.55. The minimum Gasteiger partial charge on any atom is -0.445 e. The third-order valence-corrected chi connectivity index (χ3v) is 3.55. The zero-order valence-corrected chi connectivity index (χ0v) is 14.1. The Bertz CT molecular complexity index is 547. The van der Waals surface area contributed by atoms with Crippen molar-refractivity contribution < 1.29 is 19.1 Å². The van der Waals surface area contributed by atoms with E-state index in [1.165, 1.54) is 4.90 Å². The van der Waals surface area contributed by atoms with Crippen molar-refractivity contribution in [2.24, 2.45) is 0 Å². The van der Waals surface area contributed by atoms with E-state index < -0.39 is 5.60 Å². The number of likely N-dealkylation sites (N-methyl/N-ethyl adjacent to an activating group) is 1. The Morgan fingerprint density at radius 2 is 1.83 bits per heavy atom. The maximum Gasteiger partial charge on any atom is 0.410 e. The zero-order chi connectivity index (χ0) is 17.0. The number of hydrogen-bond donors (Lipinski definition) is 0. The van der Waals surface area contributed by atoms with Crippen LogP contribution < -0.4 is 0 Å². The van der Waals surface area contributed by atoms with Crippen LogP contribution in [-0.4, -0.2) is 53.8 Å². The molecule has 1 aliphatic heterocycles. The SMILES string of the molecule is CN(C(=O)OC(C)(C)C)C1CN(C(=O)OCc2ccccc2)C1. The van der Waals surface area contributed by atoms with Crippen molar-refractivity contribution in [3.05, 3.63) is 35.9 Å². The first-order chi connectivity index (χ1) is 10.8. The average Bonchev–Trinajstić information content (AvgIpc) is 2.42. The highest BCUT2D eigenvalue weighted by atomic mass is 16.6. The van der Waals surface area contributed by atoms with Gasteiger partial charge in [-0.3, -0.25) is 0 Å². The van der Waals surface area contributed by atoms with Gasteiger partial charge < -0.3 is 19.3 Å². The predicted octanol–water partition coefficient (Wildman–Crippen LogP) is 2.87. The molecule has 1 fully saturated rings. The van der Waals surface area contributed by atoms with Crippen LogP contribution in [0.15, 0.2) is 30.3 Å². The molecule has 126 valence electrons. The van der Waals surface area contributed by atoms with E-state index in [2.05, 4.69) is 0 Å². The van der Waals surface area contributed by atoms with Gasteiger partial charge in [0, 0.05) is 20.1 Å². The maximum atomic E-state index is 11.9. The zero-order valence-electron chi connectivity index (χ0n) is 14.1. The van der Waals surface area contributed by atoms with Gasteiger partial charge in [-0.2, -0.15) is 0 Å². The summed E-state index contributed by atoms with van der Waals surface area (Å²) in [6.45, 7) is 6.65. The van der Waals surface area contributed by atoms with E-state index in [4.69, 9.17) is 9.47 Å². The van der Waals surface area contributed by atoms with Crippen molar-refractivity contribution in [3.8, 4) is 0 Å². The number of amides is 2. The summed E-state index contributed by atoms with van der Waals surface area (Å²) in [6.07, 6.45) is -0.734. The second-order valence-electron chi connectivity index (χ2n) is 6.69. The molecule has 0 radical (unpaired) electrons. The quantitative estimate of drug-likeness (QED) is 0.859. The van der Waals surface area contributed by atoms with Crippen molar-refractivity contribution in [2.75, 3.05) is 20.1 Å². The second-order valence-corrected chi connectivity index (χ2v) is 6.69. The summed E-state index contributed by atoms with van der Waals surface area (Å²) in [7, 11) is 1.69. The summed E-state index contributed by atoms with van der Waals surface area (Å²) in [5.41, 5.74) is 0.424. The third kappa shape index (κ3) is 4.87. The lowest BCUT2D eigenvalue weighted by Gasteiger charge is -2.43. The fourth-order valence-electron chi connectivity index (χ4n) is 2.14. The Kier molecular flexibility index (Phi) is 5.13. The van der Waals surface area contributed by atoms with E-state index in [0.717, 1.165) is 5.56 Å². The van der Waals surface area contributed by atoms with Gasteiger partial charge in [0.15, 0.2) is 0 Å². The molecule has 0 bridgehead atoms. The van der Waals surface area contributed by atoms with Crippen LogP contribution in [0.5, 0.6) is 0 Å². The Balaban J connectivity index is 1.73.